The Labute approximate surface area is 128 Å². The van der Waals surface area contributed by atoms with Crippen molar-refractivity contribution in [1.82, 2.24) is 0 Å². The first-order valence-corrected chi connectivity index (χ1v) is 8.65. The number of benzene rings is 2. The van der Waals surface area contributed by atoms with Crippen LogP contribution in [-0.2, 0) is 15.6 Å². The van der Waals surface area contributed by atoms with E-state index in [1.54, 1.807) is 43.3 Å². The van der Waals surface area contributed by atoms with Gasteiger partial charge in [-0.1, -0.05) is 18.2 Å². The van der Waals surface area contributed by atoms with Crippen LogP contribution in [0.3, 0.4) is 0 Å². The van der Waals surface area contributed by atoms with E-state index in [-0.39, 0.29) is 17.5 Å². The Balaban J connectivity index is 2.11. The van der Waals surface area contributed by atoms with Crippen molar-refractivity contribution in [2.75, 3.05) is 11.6 Å². The van der Waals surface area contributed by atoms with E-state index >= 15 is 0 Å². The highest BCUT2D eigenvalue weighted by Gasteiger charge is 2.09. The number of aryl methyl sites for hydroxylation is 1. The van der Waals surface area contributed by atoms with E-state index in [4.69, 9.17) is 0 Å². The van der Waals surface area contributed by atoms with E-state index in [1.165, 1.54) is 6.07 Å². The third-order valence-corrected chi connectivity index (χ3v) is 3.93. The third kappa shape index (κ3) is 4.39. The summed E-state index contributed by atoms with van der Waals surface area (Å²) in [5.41, 5.74) is 1.86. The normalized spacial score (nSPS) is 11.2. The molecule has 0 aliphatic carbocycles. The summed E-state index contributed by atoms with van der Waals surface area (Å²) in [6, 6.07) is 10.7. The number of sulfone groups is 1. The summed E-state index contributed by atoms with van der Waals surface area (Å²) in [5.74, 6) is -0.839. The molecule has 0 saturated carbocycles. The summed E-state index contributed by atoms with van der Waals surface area (Å²) < 4.78 is 35.8. The molecule has 4 nitrogen and oxygen atoms in total. The maximum atomic E-state index is 13.4. The van der Waals surface area contributed by atoms with Crippen LogP contribution in [0.1, 0.15) is 21.5 Å². The standard InChI is InChI=1S/C16H16FNO3S/c1-11-3-8-14(9-15(11)17)18-16(19)13-6-4-12(5-7-13)10-22(2,20)21/h3-9H,10H2,1-2H3,(H,18,19). The molecule has 0 saturated heterocycles. The van der Waals surface area contributed by atoms with E-state index in [2.05, 4.69) is 5.32 Å². The van der Waals surface area contributed by atoms with Crippen molar-refractivity contribution in [2.45, 2.75) is 12.7 Å². The van der Waals surface area contributed by atoms with Crippen molar-refractivity contribution in [3.8, 4) is 0 Å². The number of amides is 1. The van der Waals surface area contributed by atoms with Gasteiger partial charge in [0.25, 0.3) is 5.91 Å². The van der Waals surface area contributed by atoms with Crippen LogP contribution in [-0.4, -0.2) is 20.6 Å². The molecule has 0 aromatic heterocycles. The second kappa shape index (κ2) is 6.27. The van der Waals surface area contributed by atoms with Gasteiger partial charge in [-0.05, 0) is 42.3 Å². The maximum Gasteiger partial charge on any atom is 0.255 e. The topological polar surface area (TPSA) is 63.2 Å². The smallest absolute Gasteiger partial charge is 0.255 e. The second-order valence-corrected chi connectivity index (χ2v) is 7.33. The summed E-state index contributed by atoms with van der Waals surface area (Å²) in [6.07, 6.45) is 1.15. The number of nitrogens with one attached hydrogen (secondary N) is 1. The first-order chi connectivity index (χ1) is 10.2. The fourth-order valence-corrected chi connectivity index (χ4v) is 2.73. The number of carbonyl (C=O) groups excluding carboxylic acids is 1. The Morgan fingerprint density at radius 3 is 2.32 bits per heavy atom. The molecule has 0 spiro atoms. The lowest BCUT2D eigenvalue weighted by atomic mass is 10.1. The Hall–Kier alpha value is -2.21. The highest BCUT2D eigenvalue weighted by molar-refractivity contribution is 7.89. The van der Waals surface area contributed by atoms with Crippen LogP contribution in [0.15, 0.2) is 42.5 Å². The SMILES string of the molecule is Cc1ccc(NC(=O)c2ccc(CS(C)(=O)=O)cc2)cc1F. The van der Waals surface area contributed by atoms with Crippen molar-refractivity contribution < 1.29 is 17.6 Å². The summed E-state index contributed by atoms with van der Waals surface area (Å²) in [6.45, 7) is 1.64. The number of carbonyl (C=O) groups is 1. The summed E-state index contributed by atoms with van der Waals surface area (Å²) >= 11 is 0. The van der Waals surface area contributed by atoms with Crippen LogP contribution < -0.4 is 5.32 Å². The molecule has 0 radical (unpaired) electrons. The molecule has 0 bridgehead atoms. The van der Waals surface area contributed by atoms with Crippen LogP contribution in [0.4, 0.5) is 10.1 Å². The van der Waals surface area contributed by atoms with Gasteiger partial charge in [0.05, 0.1) is 5.75 Å². The molecule has 22 heavy (non-hydrogen) atoms. The van der Waals surface area contributed by atoms with Crippen LogP contribution in [0.25, 0.3) is 0 Å². The maximum absolute atomic E-state index is 13.4. The number of hydrogen-bond acceptors (Lipinski definition) is 3. The lowest BCUT2D eigenvalue weighted by molar-refractivity contribution is 0.102. The van der Waals surface area contributed by atoms with Crippen molar-refractivity contribution in [2.24, 2.45) is 0 Å². The van der Waals surface area contributed by atoms with Crippen LogP contribution >= 0.6 is 0 Å². The number of halogens is 1. The fraction of sp³-hybridized carbons (Fsp3) is 0.188. The molecule has 1 amide bonds. The molecule has 0 aliphatic rings. The molecule has 0 atom stereocenters. The van der Waals surface area contributed by atoms with Gasteiger partial charge in [0, 0.05) is 17.5 Å². The lowest BCUT2D eigenvalue weighted by Gasteiger charge is -2.07. The molecular formula is C16H16FNO3S. The van der Waals surface area contributed by atoms with Crippen molar-refractivity contribution in [3.05, 3.63) is 65.0 Å². The number of rotatable bonds is 4. The molecule has 116 valence electrons. The van der Waals surface area contributed by atoms with E-state index in [9.17, 15) is 17.6 Å². The molecule has 0 fully saturated rings. The molecule has 0 heterocycles. The first kappa shape index (κ1) is 16.2. The average Bonchev–Trinajstić information content (AvgIpc) is 2.42. The number of anilines is 1. The molecule has 2 aromatic rings. The molecule has 0 aliphatic heterocycles. The Kier molecular flexibility index (Phi) is 4.61. The zero-order valence-corrected chi connectivity index (χ0v) is 13.1. The minimum Gasteiger partial charge on any atom is -0.322 e. The van der Waals surface area contributed by atoms with Gasteiger partial charge in [0.15, 0.2) is 9.84 Å². The fourth-order valence-electron chi connectivity index (χ4n) is 1.93. The molecule has 2 aromatic carbocycles. The monoisotopic (exact) mass is 321 g/mol. The predicted octanol–water partition coefficient (Wildman–Crippen LogP) is 2.93. The van der Waals surface area contributed by atoms with Crippen LogP contribution in [0, 0.1) is 12.7 Å². The Bertz CT molecular complexity index is 799. The van der Waals surface area contributed by atoms with Crippen molar-refractivity contribution >= 4 is 21.4 Å². The number of hydrogen-bond donors (Lipinski definition) is 1. The Morgan fingerprint density at radius 2 is 1.77 bits per heavy atom. The van der Waals surface area contributed by atoms with Gasteiger partial charge in [-0.25, -0.2) is 12.8 Å². The highest BCUT2D eigenvalue weighted by atomic mass is 32.2. The minimum absolute atomic E-state index is 0.0714. The quantitative estimate of drug-likeness (QED) is 0.942. The van der Waals surface area contributed by atoms with Gasteiger partial charge in [0.1, 0.15) is 5.82 Å². The molecular weight excluding hydrogens is 305 g/mol. The van der Waals surface area contributed by atoms with Gasteiger partial charge < -0.3 is 5.32 Å². The molecule has 0 unspecified atom stereocenters. The largest absolute Gasteiger partial charge is 0.322 e. The van der Waals surface area contributed by atoms with Crippen molar-refractivity contribution in [3.63, 3.8) is 0 Å². The highest BCUT2D eigenvalue weighted by Crippen LogP contribution is 2.15. The second-order valence-electron chi connectivity index (χ2n) is 5.19. The molecule has 1 N–H and O–H groups in total. The van der Waals surface area contributed by atoms with Crippen LogP contribution in [0.2, 0.25) is 0 Å². The lowest BCUT2D eigenvalue weighted by Crippen LogP contribution is -2.12. The first-order valence-electron chi connectivity index (χ1n) is 6.59. The predicted molar refractivity (Wildman–Crippen MR) is 84.1 cm³/mol. The molecule has 6 heteroatoms. The van der Waals surface area contributed by atoms with Crippen LogP contribution in [0.5, 0.6) is 0 Å². The van der Waals surface area contributed by atoms with Gasteiger partial charge in [-0.2, -0.15) is 0 Å². The van der Waals surface area contributed by atoms with Crippen molar-refractivity contribution in [1.29, 1.82) is 0 Å². The summed E-state index contributed by atoms with van der Waals surface area (Å²) in [5, 5.41) is 2.60. The zero-order valence-electron chi connectivity index (χ0n) is 12.3. The molecule has 2 rings (SSSR count). The van der Waals surface area contributed by atoms with E-state index in [1.807, 2.05) is 0 Å². The zero-order chi connectivity index (χ0) is 16.3. The summed E-state index contributed by atoms with van der Waals surface area (Å²) in [4.78, 5) is 12.1. The van der Waals surface area contributed by atoms with Gasteiger partial charge >= 0.3 is 0 Å². The van der Waals surface area contributed by atoms with E-state index < -0.39 is 9.84 Å². The van der Waals surface area contributed by atoms with Gasteiger partial charge in [-0.15, -0.1) is 0 Å². The van der Waals surface area contributed by atoms with Gasteiger partial charge in [0.2, 0.25) is 0 Å². The van der Waals surface area contributed by atoms with E-state index in [0.29, 0.717) is 22.4 Å². The van der Waals surface area contributed by atoms with E-state index in [0.717, 1.165) is 6.26 Å². The Morgan fingerprint density at radius 1 is 1.14 bits per heavy atom. The minimum atomic E-state index is -3.11. The third-order valence-electron chi connectivity index (χ3n) is 3.07. The van der Waals surface area contributed by atoms with Gasteiger partial charge in [-0.3, -0.25) is 4.79 Å². The average molecular weight is 321 g/mol. The summed E-state index contributed by atoms with van der Waals surface area (Å²) in [7, 11) is -3.11.